The van der Waals surface area contributed by atoms with Gasteiger partial charge in [-0.25, -0.2) is 4.79 Å². The second-order valence-corrected chi connectivity index (χ2v) is 5.97. The highest BCUT2D eigenvalue weighted by molar-refractivity contribution is 9.10. The molecule has 110 valence electrons. The quantitative estimate of drug-likeness (QED) is 0.819. The van der Waals surface area contributed by atoms with Crippen LogP contribution in [0.25, 0.3) is 0 Å². The summed E-state index contributed by atoms with van der Waals surface area (Å²) < 4.78 is 5.56. The van der Waals surface area contributed by atoms with Gasteiger partial charge in [0, 0.05) is 21.8 Å². The molecule has 0 saturated carbocycles. The number of methoxy groups -OCH3 is 1. The van der Waals surface area contributed by atoms with Crippen LogP contribution in [0.5, 0.6) is 0 Å². The molecule has 0 fully saturated rings. The van der Waals surface area contributed by atoms with Gasteiger partial charge in [-0.2, -0.15) is 0 Å². The fraction of sp³-hybridized carbons (Fsp3) is 0.429. The van der Waals surface area contributed by atoms with E-state index in [9.17, 15) is 9.59 Å². The second-order valence-electron chi connectivity index (χ2n) is 4.68. The van der Waals surface area contributed by atoms with Crippen molar-refractivity contribution in [1.82, 2.24) is 5.32 Å². The van der Waals surface area contributed by atoms with Crippen LogP contribution in [-0.2, 0) is 20.7 Å². The van der Waals surface area contributed by atoms with Crippen molar-refractivity contribution in [2.75, 3.05) is 7.11 Å². The lowest BCUT2D eigenvalue weighted by atomic mass is 10.0. The minimum Gasteiger partial charge on any atom is -0.467 e. The zero-order chi connectivity index (χ0) is 15.3. The summed E-state index contributed by atoms with van der Waals surface area (Å²) in [6.45, 7) is 3.53. The Morgan fingerprint density at radius 2 is 2.05 bits per heavy atom. The molecule has 20 heavy (non-hydrogen) atoms. The predicted molar refractivity (Wildman–Crippen MR) is 81.6 cm³/mol. The maximum Gasteiger partial charge on any atom is 0.328 e. The van der Waals surface area contributed by atoms with Gasteiger partial charge in [-0.3, -0.25) is 4.79 Å². The van der Waals surface area contributed by atoms with Gasteiger partial charge >= 0.3 is 5.97 Å². The Bertz CT molecular complexity index is 505. The number of esters is 1. The Morgan fingerprint density at radius 1 is 1.40 bits per heavy atom. The molecule has 0 aliphatic carbocycles. The monoisotopic (exact) mass is 361 g/mol. The molecule has 0 bridgehead atoms. The fourth-order valence-corrected chi connectivity index (χ4v) is 2.20. The Kier molecular flexibility index (Phi) is 6.49. The Morgan fingerprint density at radius 3 is 2.60 bits per heavy atom. The molecule has 0 spiro atoms. The zero-order valence-electron chi connectivity index (χ0n) is 11.6. The average molecular weight is 363 g/mol. The summed E-state index contributed by atoms with van der Waals surface area (Å²) in [7, 11) is 1.30. The van der Waals surface area contributed by atoms with Gasteiger partial charge in [0.1, 0.15) is 6.04 Å². The molecule has 1 aromatic rings. The molecule has 1 aromatic carbocycles. The van der Waals surface area contributed by atoms with E-state index in [2.05, 4.69) is 21.2 Å². The van der Waals surface area contributed by atoms with Crippen molar-refractivity contribution in [2.45, 2.75) is 26.3 Å². The van der Waals surface area contributed by atoms with Crippen molar-refractivity contribution in [3.63, 3.8) is 0 Å². The van der Waals surface area contributed by atoms with Gasteiger partial charge in [-0.1, -0.05) is 41.4 Å². The summed E-state index contributed by atoms with van der Waals surface area (Å²) >= 11 is 9.35. The van der Waals surface area contributed by atoms with E-state index < -0.39 is 12.0 Å². The highest BCUT2D eigenvalue weighted by Crippen LogP contribution is 2.22. The van der Waals surface area contributed by atoms with Crippen LogP contribution >= 0.6 is 27.5 Å². The fourth-order valence-electron chi connectivity index (χ4n) is 1.59. The number of benzene rings is 1. The van der Waals surface area contributed by atoms with Crippen LogP contribution in [0, 0.1) is 5.92 Å². The smallest absolute Gasteiger partial charge is 0.328 e. The Labute approximate surface area is 132 Å². The van der Waals surface area contributed by atoms with Gasteiger partial charge in [-0.15, -0.1) is 0 Å². The Balaban J connectivity index is 2.92. The van der Waals surface area contributed by atoms with Gasteiger partial charge in [0.2, 0.25) is 5.91 Å². The topological polar surface area (TPSA) is 55.4 Å². The van der Waals surface area contributed by atoms with Gasteiger partial charge in [0.05, 0.1) is 7.11 Å². The van der Waals surface area contributed by atoms with Crippen LogP contribution in [0.1, 0.15) is 19.4 Å². The molecule has 0 heterocycles. The van der Waals surface area contributed by atoms with Crippen molar-refractivity contribution in [2.24, 2.45) is 5.92 Å². The molecule has 1 amide bonds. The first kappa shape index (κ1) is 17.0. The lowest BCUT2D eigenvalue weighted by Gasteiger charge is -2.18. The van der Waals surface area contributed by atoms with Gasteiger partial charge in [-0.05, 0) is 23.8 Å². The number of ether oxygens (including phenoxy) is 1. The number of halogens is 2. The molecule has 0 unspecified atom stereocenters. The maximum absolute atomic E-state index is 11.8. The van der Waals surface area contributed by atoms with E-state index in [1.165, 1.54) is 7.11 Å². The molecule has 0 radical (unpaired) electrons. The third kappa shape index (κ3) is 4.80. The Hall–Kier alpha value is -1.07. The summed E-state index contributed by atoms with van der Waals surface area (Å²) in [6, 6.07) is 4.57. The summed E-state index contributed by atoms with van der Waals surface area (Å²) in [5.74, 6) is -0.880. The van der Waals surface area contributed by atoms with Gasteiger partial charge in [0.25, 0.3) is 0 Å². The molecular formula is C14H17BrClNO3. The zero-order valence-corrected chi connectivity index (χ0v) is 13.9. The first-order valence-corrected chi connectivity index (χ1v) is 7.34. The molecule has 0 aliphatic rings. The highest BCUT2D eigenvalue weighted by atomic mass is 79.9. The number of rotatable bonds is 5. The van der Waals surface area contributed by atoms with Crippen molar-refractivity contribution < 1.29 is 14.3 Å². The van der Waals surface area contributed by atoms with E-state index in [0.29, 0.717) is 11.4 Å². The van der Waals surface area contributed by atoms with Crippen LogP contribution in [0.15, 0.2) is 22.7 Å². The van der Waals surface area contributed by atoms with Crippen molar-refractivity contribution >= 4 is 39.4 Å². The first-order valence-electron chi connectivity index (χ1n) is 6.17. The van der Waals surface area contributed by atoms with Gasteiger partial charge < -0.3 is 10.1 Å². The predicted octanol–water partition coefficient (Wildman–Crippen LogP) is 2.96. The molecule has 0 aromatic heterocycles. The van der Waals surface area contributed by atoms with Crippen molar-refractivity contribution in [1.29, 1.82) is 0 Å². The molecule has 0 aliphatic heterocycles. The number of hydrogen-bond acceptors (Lipinski definition) is 3. The van der Waals surface area contributed by atoms with E-state index >= 15 is 0 Å². The molecule has 1 atom stereocenters. The third-order valence-electron chi connectivity index (χ3n) is 2.76. The summed E-state index contributed by atoms with van der Waals surface area (Å²) in [4.78, 5) is 23.5. The largest absolute Gasteiger partial charge is 0.467 e. The molecule has 4 nitrogen and oxygen atoms in total. The molecule has 0 saturated heterocycles. The number of nitrogens with one attached hydrogen (secondary N) is 1. The van der Waals surface area contributed by atoms with Crippen molar-refractivity contribution in [3.8, 4) is 0 Å². The maximum atomic E-state index is 11.8. The minimum absolute atomic E-state index is 0.196. The summed E-state index contributed by atoms with van der Waals surface area (Å²) in [6.07, 6.45) is 0.312. The third-order valence-corrected chi connectivity index (χ3v) is 3.77. The van der Waals surface area contributed by atoms with E-state index in [1.807, 2.05) is 0 Å². The lowest BCUT2D eigenvalue weighted by Crippen LogP contribution is -2.44. The van der Waals surface area contributed by atoms with E-state index in [4.69, 9.17) is 16.3 Å². The molecule has 6 heteroatoms. The van der Waals surface area contributed by atoms with E-state index in [1.54, 1.807) is 32.0 Å². The second kappa shape index (κ2) is 7.64. The lowest BCUT2D eigenvalue weighted by molar-refractivity contribution is -0.145. The highest BCUT2D eigenvalue weighted by Gasteiger charge is 2.24. The van der Waals surface area contributed by atoms with Crippen LogP contribution in [-0.4, -0.2) is 25.0 Å². The average Bonchev–Trinajstić information content (AvgIpc) is 2.40. The van der Waals surface area contributed by atoms with Crippen molar-refractivity contribution in [3.05, 3.63) is 33.3 Å². The van der Waals surface area contributed by atoms with E-state index in [0.717, 1.165) is 10.0 Å². The van der Waals surface area contributed by atoms with Crippen LogP contribution in [0.2, 0.25) is 5.02 Å². The summed E-state index contributed by atoms with van der Waals surface area (Å²) in [5, 5.41) is 3.26. The minimum atomic E-state index is -0.732. The van der Waals surface area contributed by atoms with E-state index in [-0.39, 0.29) is 11.8 Å². The molecule has 1 N–H and O–H groups in total. The molecule has 1 rings (SSSR count). The first-order chi connectivity index (χ1) is 9.35. The number of carbonyl (C=O) groups is 2. The number of hydrogen-bond donors (Lipinski definition) is 1. The van der Waals surface area contributed by atoms with Crippen LogP contribution in [0.4, 0.5) is 0 Å². The SMILES string of the molecule is COC(=O)[C@@H](Cc1cc(Cl)ccc1Br)NC(=O)C(C)C. The summed E-state index contributed by atoms with van der Waals surface area (Å²) in [5.41, 5.74) is 0.831. The standard InChI is InChI=1S/C14H17BrClNO3/c1-8(2)13(18)17-12(14(19)20-3)7-9-6-10(16)4-5-11(9)15/h4-6,8,12H,7H2,1-3H3,(H,17,18)/t12-/m1/s1. The van der Waals surface area contributed by atoms with Gasteiger partial charge in [0.15, 0.2) is 0 Å². The van der Waals surface area contributed by atoms with Crippen LogP contribution in [0.3, 0.4) is 0 Å². The number of amides is 1. The van der Waals surface area contributed by atoms with Crippen LogP contribution < -0.4 is 5.32 Å². The normalized spacial score (nSPS) is 12.1. The molecular weight excluding hydrogens is 346 g/mol. The number of carbonyl (C=O) groups excluding carboxylic acids is 2.